The Morgan fingerprint density at radius 2 is 1.82 bits per heavy atom. The van der Waals surface area contributed by atoms with Crippen LogP contribution in [0.2, 0.25) is 0 Å². The molecule has 2 N–H and O–H groups in total. The number of hydrogen-bond donors (Lipinski definition) is 2. The van der Waals surface area contributed by atoms with Crippen molar-refractivity contribution in [3.8, 4) is 5.75 Å². The minimum absolute atomic E-state index is 0.228. The normalized spacial score (nSPS) is 10.4. The number of nitrogens with one attached hydrogen (secondary N) is 2. The zero-order valence-electron chi connectivity index (χ0n) is 15.5. The summed E-state index contributed by atoms with van der Waals surface area (Å²) in [5, 5.41) is 13.7. The topological polar surface area (TPSA) is 76.1 Å². The summed E-state index contributed by atoms with van der Waals surface area (Å²) in [6.45, 7) is 0.773. The monoisotopic (exact) mass is 380 g/mol. The lowest BCUT2D eigenvalue weighted by molar-refractivity contribution is 0.0948. The summed E-state index contributed by atoms with van der Waals surface area (Å²) >= 11 is 0. The Bertz CT molecular complexity index is 914. The Hall–Kier alpha value is -3.48. The fourth-order valence-corrected chi connectivity index (χ4v) is 2.58. The van der Waals surface area contributed by atoms with Crippen LogP contribution in [0.3, 0.4) is 0 Å². The van der Waals surface area contributed by atoms with E-state index in [4.69, 9.17) is 4.74 Å². The van der Waals surface area contributed by atoms with E-state index in [1.807, 2.05) is 24.3 Å². The molecule has 0 aliphatic heterocycles. The van der Waals surface area contributed by atoms with Gasteiger partial charge in [0.25, 0.3) is 5.91 Å². The van der Waals surface area contributed by atoms with Gasteiger partial charge in [0.05, 0.1) is 7.11 Å². The van der Waals surface area contributed by atoms with Crippen molar-refractivity contribution in [3.05, 3.63) is 83.3 Å². The Morgan fingerprint density at radius 1 is 1.04 bits per heavy atom. The van der Waals surface area contributed by atoms with Gasteiger partial charge in [-0.3, -0.25) is 4.79 Å². The first-order chi connectivity index (χ1) is 13.7. The molecule has 1 amide bonds. The van der Waals surface area contributed by atoms with Gasteiger partial charge in [-0.1, -0.05) is 30.3 Å². The first-order valence-corrected chi connectivity index (χ1v) is 8.88. The Morgan fingerprint density at radius 3 is 2.50 bits per heavy atom. The predicted octanol–water partition coefficient (Wildman–Crippen LogP) is 3.21. The highest BCUT2D eigenvalue weighted by molar-refractivity contribution is 5.92. The minimum atomic E-state index is -0.290. The van der Waals surface area contributed by atoms with Gasteiger partial charge in [0.15, 0.2) is 5.69 Å². The summed E-state index contributed by atoms with van der Waals surface area (Å²) < 4.78 is 18.7. The second-order valence-corrected chi connectivity index (χ2v) is 6.10. The molecule has 144 valence electrons. The van der Waals surface area contributed by atoms with E-state index in [1.165, 1.54) is 6.07 Å². The van der Waals surface area contributed by atoms with E-state index in [-0.39, 0.29) is 24.0 Å². The molecule has 1 heterocycles. The maximum absolute atomic E-state index is 13.6. The molecule has 0 aliphatic carbocycles. The molecule has 0 radical (unpaired) electrons. The van der Waals surface area contributed by atoms with Crippen molar-refractivity contribution in [2.75, 3.05) is 19.0 Å². The Labute approximate surface area is 162 Å². The van der Waals surface area contributed by atoms with E-state index in [2.05, 4.69) is 20.8 Å². The van der Waals surface area contributed by atoms with Crippen molar-refractivity contribution < 1.29 is 13.9 Å². The zero-order chi connectivity index (χ0) is 19.8. The van der Waals surface area contributed by atoms with E-state index < -0.39 is 0 Å². The number of carbonyl (C=O) groups is 1. The van der Waals surface area contributed by atoms with E-state index in [0.717, 1.165) is 11.3 Å². The molecule has 0 bridgehead atoms. The molecule has 28 heavy (non-hydrogen) atoms. The molecular formula is C21H21FN4O2. The number of methoxy groups -OCH3 is 1. The molecule has 0 aliphatic rings. The van der Waals surface area contributed by atoms with Crippen LogP contribution in [0, 0.1) is 5.82 Å². The van der Waals surface area contributed by atoms with Gasteiger partial charge in [-0.2, -0.15) is 0 Å². The number of anilines is 1. The first kappa shape index (κ1) is 19.3. The van der Waals surface area contributed by atoms with Crippen LogP contribution in [0.1, 0.15) is 21.6 Å². The van der Waals surface area contributed by atoms with E-state index >= 15 is 0 Å². The molecule has 0 saturated heterocycles. The van der Waals surface area contributed by atoms with Gasteiger partial charge in [0.2, 0.25) is 0 Å². The second-order valence-electron chi connectivity index (χ2n) is 6.10. The highest BCUT2D eigenvalue weighted by atomic mass is 19.1. The van der Waals surface area contributed by atoms with Crippen molar-refractivity contribution >= 4 is 11.7 Å². The van der Waals surface area contributed by atoms with Crippen LogP contribution in [0.5, 0.6) is 5.75 Å². The smallest absolute Gasteiger partial charge is 0.271 e. The summed E-state index contributed by atoms with van der Waals surface area (Å²) in [6, 6.07) is 17.4. The Balaban J connectivity index is 1.47. The number of nitrogens with zero attached hydrogens (tertiary/aromatic N) is 2. The Kier molecular flexibility index (Phi) is 6.51. The van der Waals surface area contributed by atoms with E-state index in [0.29, 0.717) is 24.3 Å². The van der Waals surface area contributed by atoms with Crippen LogP contribution in [0.15, 0.2) is 60.7 Å². The van der Waals surface area contributed by atoms with Gasteiger partial charge < -0.3 is 15.4 Å². The molecule has 1 aromatic heterocycles. The average Bonchev–Trinajstić information content (AvgIpc) is 2.74. The summed E-state index contributed by atoms with van der Waals surface area (Å²) in [5.41, 5.74) is 1.86. The predicted molar refractivity (Wildman–Crippen MR) is 105 cm³/mol. The third-order valence-electron chi connectivity index (χ3n) is 4.17. The van der Waals surface area contributed by atoms with E-state index in [1.54, 1.807) is 37.4 Å². The van der Waals surface area contributed by atoms with Crippen molar-refractivity contribution in [1.82, 2.24) is 15.5 Å². The van der Waals surface area contributed by atoms with Gasteiger partial charge in [-0.25, -0.2) is 4.39 Å². The summed E-state index contributed by atoms with van der Waals surface area (Å²) in [5.74, 6) is 0.697. The molecular weight excluding hydrogens is 359 g/mol. The van der Waals surface area contributed by atoms with Gasteiger partial charge >= 0.3 is 0 Å². The zero-order valence-corrected chi connectivity index (χ0v) is 15.5. The quantitative estimate of drug-likeness (QED) is 0.628. The summed E-state index contributed by atoms with van der Waals surface area (Å²) in [6.07, 6.45) is 0.700. The summed E-state index contributed by atoms with van der Waals surface area (Å²) in [7, 11) is 1.62. The van der Waals surface area contributed by atoms with Crippen molar-refractivity contribution in [1.29, 1.82) is 0 Å². The van der Waals surface area contributed by atoms with Gasteiger partial charge in [0.1, 0.15) is 17.4 Å². The van der Waals surface area contributed by atoms with Gasteiger partial charge in [-0.15, -0.1) is 10.2 Å². The lowest BCUT2D eigenvalue weighted by Gasteiger charge is -2.08. The van der Waals surface area contributed by atoms with Crippen molar-refractivity contribution in [2.24, 2.45) is 0 Å². The lowest BCUT2D eigenvalue weighted by Crippen LogP contribution is -2.26. The number of rotatable bonds is 8. The summed E-state index contributed by atoms with van der Waals surface area (Å²) in [4.78, 5) is 12.2. The lowest BCUT2D eigenvalue weighted by atomic mass is 10.1. The SMILES string of the molecule is COc1ccc(CCNC(=O)c2ccc(NCc3ccccc3F)nn2)cc1. The van der Waals surface area contributed by atoms with Gasteiger partial charge in [0, 0.05) is 18.7 Å². The van der Waals surface area contributed by atoms with Crippen LogP contribution in [0.4, 0.5) is 10.2 Å². The second kappa shape index (κ2) is 9.45. The fraction of sp³-hybridized carbons (Fsp3) is 0.190. The first-order valence-electron chi connectivity index (χ1n) is 8.88. The largest absolute Gasteiger partial charge is 0.497 e. The van der Waals surface area contributed by atoms with Crippen LogP contribution < -0.4 is 15.4 Å². The molecule has 0 fully saturated rings. The number of carbonyl (C=O) groups excluding carboxylic acids is 1. The average molecular weight is 380 g/mol. The van der Waals surface area contributed by atoms with Gasteiger partial charge in [-0.05, 0) is 42.3 Å². The van der Waals surface area contributed by atoms with Crippen LogP contribution in [-0.2, 0) is 13.0 Å². The third kappa shape index (κ3) is 5.26. The molecule has 0 atom stereocenters. The third-order valence-corrected chi connectivity index (χ3v) is 4.17. The van der Waals surface area contributed by atoms with Crippen LogP contribution in [0.25, 0.3) is 0 Å². The van der Waals surface area contributed by atoms with Crippen molar-refractivity contribution in [3.63, 3.8) is 0 Å². The standard InChI is InChI=1S/C21H21FN4O2/c1-28-17-8-6-15(7-9-17)12-13-23-21(27)19-10-11-20(26-25-19)24-14-16-4-2-3-5-18(16)22/h2-11H,12-14H2,1H3,(H,23,27)(H,24,26). The molecule has 3 rings (SSSR count). The maximum Gasteiger partial charge on any atom is 0.271 e. The van der Waals surface area contributed by atoms with Crippen LogP contribution >= 0.6 is 0 Å². The number of halogens is 1. The van der Waals surface area contributed by atoms with Crippen molar-refractivity contribution in [2.45, 2.75) is 13.0 Å². The molecule has 6 nitrogen and oxygen atoms in total. The molecule has 7 heteroatoms. The number of aromatic nitrogens is 2. The minimum Gasteiger partial charge on any atom is -0.497 e. The number of benzene rings is 2. The highest BCUT2D eigenvalue weighted by Gasteiger charge is 2.08. The number of amides is 1. The molecule has 0 unspecified atom stereocenters. The maximum atomic E-state index is 13.6. The van der Waals surface area contributed by atoms with Crippen LogP contribution in [-0.4, -0.2) is 29.8 Å². The molecule has 0 saturated carbocycles. The highest BCUT2D eigenvalue weighted by Crippen LogP contribution is 2.12. The number of ether oxygens (including phenoxy) is 1. The molecule has 0 spiro atoms. The fourth-order valence-electron chi connectivity index (χ4n) is 2.58. The number of hydrogen-bond acceptors (Lipinski definition) is 5. The molecule has 3 aromatic rings. The van der Waals surface area contributed by atoms with E-state index in [9.17, 15) is 9.18 Å². The molecule has 2 aromatic carbocycles.